The molecule has 0 radical (unpaired) electrons. The zero-order valence-corrected chi connectivity index (χ0v) is 55.8. The first-order valence-corrected chi connectivity index (χ1v) is 32.0. The number of carbonyl (C=O) groups is 8. The molecule has 5 heterocycles. The molecular weight excluding hydrogens is 1220 g/mol. The number of cyclic esters (lactones) is 2. The molecule has 11 rings (SSSR count). The number of rotatable bonds is 14. The van der Waals surface area contributed by atoms with Gasteiger partial charge in [-0.3, -0.25) is 43.4 Å². The predicted molar refractivity (Wildman–Crippen MR) is 361 cm³/mol. The largest absolute Gasteiger partial charge is 0.481 e. The lowest BCUT2D eigenvalue weighted by Gasteiger charge is -2.32. The highest BCUT2D eigenvalue weighted by Gasteiger charge is 2.34. The average molecular weight is 1290 g/mol. The number of fused-ring (bicyclic) bond motifs is 6. The third-order valence-corrected chi connectivity index (χ3v) is 18.1. The molecule has 6 aliphatic rings. The van der Waals surface area contributed by atoms with Crippen molar-refractivity contribution in [1.29, 1.82) is 0 Å². The number of carbonyl (C=O) groups excluding carboxylic acids is 7. The predicted octanol–water partition coefficient (Wildman–Crippen LogP) is 10.7. The minimum Gasteiger partial charge on any atom is -0.481 e. The van der Waals surface area contributed by atoms with Crippen molar-refractivity contribution in [3.8, 4) is 10.6 Å². The Balaban J connectivity index is 0.000000170. The summed E-state index contributed by atoms with van der Waals surface area (Å²) >= 11 is 5.08. The van der Waals surface area contributed by atoms with E-state index in [1.165, 1.54) is 20.6 Å². The van der Waals surface area contributed by atoms with Gasteiger partial charge in [0.05, 0.1) is 43.5 Å². The average Bonchev–Trinajstić information content (AvgIpc) is 1.22. The fourth-order valence-electron chi connectivity index (χ4n) is 9.79. The van der Waals surface area contributed by atoms with Gasteiger partial charge in [0.25, 0.3) is 11.8 Å². The molecular formula is C67H77N10O11S3+. The van der Waals surface area contributed by atoms with Gasteiger partial charge in [0, 0.05) is 182 Å². The van der Waals surface area contributed by atoms with Crippen LogP contribution in [0.3, 0.4) is 0 Å². The second kappa shape index (κ2) is 30.2. The summed E-state index contributed by atoms with van der Waals surface area (Å²) in [5.41, 5.74) is 10.8. The number of nitrogens with zero attached hydrogens (tertiary/aromatic N) is 10. The first-order chi connectivity index (χ1) is 43.3. The zero-order chi connectivity index (χ0) is 66.0. The summed E-state index contributed by atoms with van der Waals surface area (Å²) in [4.78, 5) is 122. The Morgan fingerprint density at radius 1 is 0.527 bits per heavy atom. The Labute approximate surface area is 542 Å². The molecule has 4 amide bonds. The maximum atomic E-state index is 13.4. The summed E-state index contributed by atoms with van der Waals surface area (Å²) in [6, 6.07) is 36.9. The number of hydrogen-bond donors (Lipinski definition) is 1. The van der Waals surface area contributed by atoms with E-state index in [2.05, 4.69) is 103 Å². The second-order valence-electron chi connectivity index (χ2n) is 23.0. The summed E-state index contributed by atoms with van der Waals surface area (Å²) in [6.07, 6.45) is 2.30. The van der Waals surface area contributed by atoms with E-state index in [0.29, 0.717) is 30.7 Å². The van der Waals surface area contributed by atoms with Crippen LogP contribution in [0.5, 0.6) is 0 Å². The summed E-state index contributed by atoms with van der Waals surface area (Å²) in [5.74, 6) is -3.64. The van der Waals surface area contributed by atoms with Crippen LogP contribution < -0.4 is 44.2 Å². The number of carboxylic acid groups (broad SMARTS) is 1. The maximum Gasteiger partial charge on any atom is 0.333 e. The molecule has 0 bridgehead atoms. The number of hydroxylamine groups is 2. The van der Waals surface area contributed by atoms with E-state index in [1.807, 2.05) is 125 Å². The Bertz CT molecular complexity index is 3830. The fraction of sp³-hybridized carbons (Fsp3) is 0.343. The first-order valence-electron chi connectivity index (χ1n) is 29.6. The third kappa shape index (κ3) is 17.1. The lowest BCUT2D eigenvalue weighted by molar-refractivity contribution is -0.197. The van der Waals surface area contributed by atoms with E-state index in [-0.39, 0.29) is 68.7 Å². The molecule has 0 atom stereocenters. The molecule has 478 valence electrons. The van der Waals surface area contributed by atoms with Gasteiger partial charge in [-0.15, -0.1) is 16.4 Å². The minimum atomic E-state index is -0.881. The number of aromatic nitrogens is 1. The van der Waals surface area contributed by atoms with E-state index in [9.17, 15) is 38.4 Å². The quantitative estimate of drug-likeness (QED) is 0.0352. The number of imide groups is 1. The molecule has 1 aliphatic carbocycles. The summed E-state index contributed by atoms with van der Waals surface area (Å²) in [7, 11) is 24.1. The van der Waals surface area contributed by atoms with E-state index >= 15 is 0 Å². The molecule has 1 N–H and O–H groups in total. The number of carboxylic acids is 1. The lowest BCUT2D eigenvalue weighted by Crippen LogP contribution is -2.32. The Kier molecular flexibility index (Phi) is 22.5. The van der Waals surface area contributed by atoms with Gasteiger partial charge in [-0.1, -0.05) is 23.5 Å². The zero-order valence-electron chi connectivity index (χ0n) is 53.4. The van der Waals surface area contributed by atoms with Gasteiger partial charge in [-0.05, 0) is 116 Å². The highest BCUT2D eigenvalue weighted by atomic mass is 32.2. The molecule has 91 heavy (non-hydrogen) atoms. The van der Waals surface area contributed by atoms with Crippen LogP contribution in [0.2, 0.25) is 0 Å². The summed E-state index contributed by atoms with van der Waals surface area (Å²) < 4.78 is 7.55. The van der Waals surface area contributed by atoms with Gasteiger partial charge in [0.1, 0.15) is 14.1 Å². The summed E-state index contributed by atoms with van der Waals surface area (Å²) in [5, 5.41) is 10.6. The van der Waals surface area contributed by atoms with Crippen LogP contribution in [0.25, 0.3) is 20.8 Å². The minimum absolute atomic E-state index is 0.00677. The molecule has 2 saturated heterocycles. The van der Waals surface area contributed by atoms with Crippen molar-refractivity contribution < 1.29 is 53.0 Å². The Hall–Kier alpha value is -9.00. The van der Waals surface area contributed by atoms with Crippen molar-refractivity contribution in [2.45, 2.75) is 90.2 Å². The van der Waals surface area contributed by atoms with Gasteiger partial charge in [-0.2, -0.15) is 0 Å². The van der Waals surface area contributed by atoms with Crippen molar-refractivity contribution in [3.05, 3.63) is 115 Å². The lowest BCUT2D eigenvalue weighted by atomic mass is 10.1. The number of ether oxygens (including phenoxy) is 1. The third-order valence-electron chi connectivity index (χ3n) is 14.9. The number of esters is 2. The van der Waals surface area contributed by atoms with Crippen molar-refractivity contribution in [1.82, 2.24) is 14.6 Å². The van der Waals surface area contributed by atoms with Crippen LogP contribution in [-0.2, 0) is 47.9 Å². The monoisotopic (exact) mass is 1290 g/mol. The van der Waals surface area contributed by atoms with E-state index in [0.717, 1.165) is 76.3 Å². The highest BCUT2D eigenvalue weighted by Crippen LogP contribution is 2.52. The number of aliphatic carboxylic acids is 1. The molecule has 0 unspecified atom stereocenters. The van der Waals surface area contributed by atoms with E-state index < -0.39 is 23.8 Å². The highest BCUT2D eigenvalue weighted by molar-refractivity contribution is 8.00. The second-order valence-corrected chi connectivity index (χ2v) is 26.3. The molecule has 5 aromatic rings. The molecule has 5 aliphatic heterocycles. The number of amides is 4. The van der Waals surface area contributed by atoms with Gasteiger partial charge in [0.2, 0.25) is 17.2 Å². The molecule has 0 spiro atoms. The number of benzene rings is 6. The van der Waals surface area contributed by atoms with Crippen LogP contribution >= 0.6 is 34.9 Å². The van der Waals surface area contributed by atoms with Gasteiger partial charge >= 0.3 is 23.9 Å². The van der Waals surface area contributed by atoms with Crippen LogP contribution in [0.1, 0.15) is 70.6 Å². The van der Waals surface area contributed by atoms with Gasteiger partial charge in [0.15, 0.2) is 0 Å². The molecule has 5 aromatic carbocycles. The van der Waals surface area contributed by atoms with Crippen molar-refractivity contribution in [2.24, 2.45) is 0 Å². The number of hydrogen-bond acceptors (Lipinski definition) is 19. The topological polar surface area (TPSA) is 217 Å². The van der Waals surface area contributed by atoms with Crippen LogP contribution in [0, 0.1) is 0 Å². The van der Waals surface area contributed by atoms with Crippen LogP contribution in [-0.4, -0.2) is 147 Å². The molecule has 21 nitrogen and oxygen atoms in total. The first kappa shape index (κ1) is 67.9. The fourth-order valence-corrected chi connectivity index (χ4v) is 13.1. The smallest absolute Gasteiger partial charge is 0.333 e. The molecule has 24 heteroatoms. The van der Waals surface area contributed by atoms with Crippen molar-refractivity contribution in [2.75, 3.05) is 119 Å². The standard InChI is InChI=1S/C25H28N4O5S.C21H25N3O3S.C16H18N3S.C5H6O3/c1-26(2)16-8-10-18-20(14-16)35-21-15-17(27(3)4)9-11-19(21)28(18)22(30)6-5-7-25(33)34-29-23(31)12-13-24(29)32;1-22(2)14-8-10-16-18(12-14)28-19-13-15(23(3)4)9-11-17(19)24(16)20(25)6-5-7-21(26)27;1-18(2)11-5-7-13-15(9-11)20-16-10-12(19(3)4)6-8-14(16)17-13;6-4-2-1-3-5(7)8-4/h8-11,14-15H,5-7,12-13H2,1-4H3;8-13H,5-7H2,1-4H3,(H,26,27);5-10H,1-4H3;1-3H2/q;;+1;. The van der Waals surface area contributed by atoms with Crippen molar-refractivity contribution >= 4 is 144 Å². The Morgan fingerprint density at radius 2 is 0.934 bits per heavy atom. The summed E-state index contributed by atoms with van der Waals surface area (Å²) in [6.45, 7) is 0. The maximum absolute atomic E-state index is 13.4. The SMILES string of the molecule is CN(C)c1ccc2c(c1)Sc1cc(N(C)C)ccc1N2C(=O)CCCC(=O)O.CN(C)c1ccc2c(c1)Sc1cc(N(C)C)ccc1N2C(=O)CCCC(=O)ON1C(=O)CCC1=O.CN(C)c1ccc2nc3ccc(=[N+](C)C)cc-3sc2c1.O=C1CCCC(=O)O1. The van der Waals surface area contributed by atoms with Gasteiger partial charge in [-0.25, -0.2) is 14.4 Å². The van der Waals surface area contributed by atoms with E-state index in [1.54, 1.807) is 44.7 Å². The van der Waals surface area contributed by atoms with Crippen LogP contribution in [0.15, 0.2) is 129 Å². The number of anilines is 9. The Morgan fingerprint density at radius 3 is 1.32 bits per heavy atom. The van der Waals surface area contributed by atoms with Crippen LogP contribution in [0.4, 0.5) is 51.2 Å². The van der Waals surface area contributed by atoms with Gasteiger partial charge < -0.3 is 39.2 Å². The van der Waals surface area contributed by atoms with E-state index in [4.69, 9.17) is 14.9 Å². The molecule has 0 saturated carbocycles. The molecule has 2 fully saturated rings. The van der Waals surface area contributed by atoms with Crippen molar-refractivity contribution in [3.63, 3.8) is 0 Å². The molecule has 0 aromatic heterocycles. The normalized spacial score (nSPS) is 13.6.